The maximum absolute atomic E-state index is 12.9. The molecule has 0 radical (unpaired) electrons. The van der Waals surface area contributed by atoms with Gasteiger partial charge in [-0.3, -0.25) is 14.3 Å². The Labute approximate surface area is 171 Å². The van der Waals surface area contributed by atoms with Crippen LogP contribution in [0, 0.1) is 13.8 Å². The zero-order valence-electron chi connectivity index (χ0n) is 16.8. The lowest BCUT2D eigenvalue weighted by molar-refractivity contribution is -0.117. The molecule has 0 unspecified atom stereocenters. The fourth-order valence-electron chi connectivity index (χ4n) is 3.41. The van der Waals surface area contributed by atoms with Gasteiger partial charge < -0.3 is 10.2 Å². The number of hydrogen-bond acceptors (Lipinski definition) is 4. The molecule has 7 nitrogen and oxygen atoms in total. The third-order valence-electron chi connectivity index (χ3n) is 4.88. The predicted octanol–water partition coefficient (Wildman–Crippen LogP) is 3.58. The number of sulfonamides is 1. The van der Waals surface area contributed by atoms with Gasteiger partial charge >= 0.3 is 0 Å². The Morgan fingerprint density at radius 1 is 1.07 bits per heavy atom. The van der Waals surface area contributed by atoms with E-state index in [1.165, 1.54) is 6.07 Å². The first-order valence-electron chi connectivity index (χ1n) is 9.55. The predicted molar refractivity (Wildman–Crippen MR) is 114 cm³/mol. The first kappa shape index (κ1) is 20.9. The SMILES string of the molecule is CCC(=O)Nc1ccc(S(=O)(=O)Nc2ccc(N3CCCC3=O)c(C)c2)c(C)c1. The quantitative estimate of drug-likeness (QED) is 0.754. The number of aryl methyl sites for hydroxylation is 2. The molecule has 0 bridgehead atoms. The minimum atomic E-state index is -3.80. The average Bonchev–Trinajstić information content (AvgIpc) is 3.07. The molecule has 2 aromatic rings. The summed E-state index contributed by atoms with van der Waals surface area (Å²) in [5.41, 5.74) is 3.16. The van der Waals surface area contributed by atoms with Crippen molar-refractivity contribution in [1.82, 2.24) is 0 Å². The molecule has 0 saturated carbocycles. The van der Waals surface area contributed by atoms with Crippen molar-refractivity contribution >= 4 is 38.9 Å². The van der Waals surface area contributed by atoms with Crippen molar-refractivity contribution in [2.45, 2.75) is 44.9 Å². The smallest absolute Gasteiger partial charge is 0.262 e. The molecule has 2 N–H and O–H groups in total. The number of hydrogen-bond donors (Lipinski definition) is 2. The van der Waals surface area contributed by atoms with Gasteiger partial charge in [-0.05, 0) is 67.8 Å². The summed E-state index contributed by atoms with van der Waals surface area (Å²) in [6, 6.07) is 9.85. The molecule has 29 heavy (non-hydrogen) atoms. The minimum Gasteiger partial charge on any atom is -0.326 e. The van der Waals surface area contributed by atoms with Crippen molar-refractivity contribution in [2.24, 2.45) is 0 Å². The van der Waals surface area contributed by atoms with Gasteiger partial charge in [0.1, 0.15) is 0 Å². The van der Waals surface area contributed by atoms with Crippen molar-refractivity contribution in [3.63, 3.8) is 0 Å². The number of nitrogens with one attached hydrogen (secondary N) is 2. The number of amides is 2. The minimum absolute atomic E-state index is 0.0901. The molecule has 154 valence electrons. The molecule has 0 atom stereocenters. The van der Waals surface area contributed by atoms with Gasteiger partial charge in [-0.15, -0.1) is 0 Å². The molecule has 1 saturated heterocycles. The van der Waals surface area contributed by atoms with Crippen LogP contribution in [0.1, 0.15) is 37.3 Å². The summed E-state index contributed by atoms with van der Waals surface area (Å²) in [7, 11) is -3.80. The lowest BCUT2D eigenvalue weighted by Crippen LogP contribution is -2.24. The summed E-state index contributed by atoms with van der Waals surface area (Å²) in [4.78, 5) is 25.4. The van der Waals surface area contributed by atoms with Crippen LogP contribution < -0.4 is 14.9 Å². The summed E-state index contributed by atoms with van der Waals surface area (Å²) in [6.07, 6.45) is 1.72. The fourth-order valence-corrected chi connectivity index (χ4v) is 4.69. The molecule has 0 aliphatic carbocycles. The van der Waals surface area contributed by atoms with Crippen LogP contribution >= 0.6 is 0 Å². The van der Waals surface area contributed by atoms with E-state index in [9.17, 15) is 18.0 Å². The monoisotopic (exact) mass is 415 g/mol. The van der Waals surface area contributed by atoms with Gasteiger partial charge in [0.15, 0.2) is 0 Å². The van der Waals surface area contributed by atoms with Crippen LogP contribution in [-0.4, -0.2) is 26.8 Å². The van der Waals surface area contributed by atoms with Crippen LogP contribution in [0.15, 0.2) is 41.3 Å². The van der Waals surface area contributed by atoms with E-state index in [-0.39, 0.29) is 16.7 Å². The van der Waals surface area contributed by atoms with Crippen LogP contribution in [0.5, 0.6) is 0 Å². The number of nitrogens with zero attached hydrogens (tertiary/aromatic N) is 1. The Morgan fingerprint density at radius 2 is 1.76 bits per heavy atom. The Kier molecular flexibility index (Phi) is 5.93. The lowest BCUT2D eigenvalue weighted by atomic mass is 10.1. The highest BCUT2D eigenvalue weighted by molar-refractivity contribution is 7.92. The van der Waals surface area contributed by atoms with E-state index in [2.05, 4.69) is 10.0 Å². The normalized spacial score (nSPS) is 14.2. The van der Waals surface area contributed by atoms with Crippen LogP contribution in [0.25, 0.3) is 0 Å². The zero-order valence-corrected chi connectivity index (χ0v) is 17.6. The number of anilines is 3. The Bertz CT molecular complexity index is 1060. The van der Waals surface area contributed by atoms with Gasteiger partial charge in [-0.2, -0.15) is 0 Å². The van der Waals surface area contributed by atoms with E-state index < -0.39 is 10.0 Å². The molecular weight excluding hydrogens is 390 g/mol. The van der Waals surface area contributed by atoms with Crippen LogP contribution in [-0.2, 0) is 19.6 Å². The van der Waals surface area contributed by atoms with Gasteiger partial charge in [0, 0.05) is 36.4 Å². The summed E-state index contributed by atoms with van der Waals surface area (Å²) in [6.45, 7) is 5.97. The van der Waals surface area contributed by atoms with Gasteiger partial charge in [-0.25, -0.2) is 8.42 Å². The van der Waals surface area contributed by atoms with Crippen molar-refractivity contribution in [2.75, 3.05) is 21.5 Å². The Balaban J connectivity index is 1.81. The summed E-state index contributed by atoms with van der Waals surface area (Å²) in [5, 5.41) is 2.72. The summed E-state index contributed by atoms with van der Waals surface area (Å²) < 4.78 is 28.3. The topological polar surface area (TPSA) is 95.6 Å². The maximum Gasteiger partial charge on any atom is 0.262 e. The van der Waals surface area contributed by atoms with Crippen molar-refractivity contribution in [3.8, 4) is 0 Å². The van der Waals surface area contributed by atoms with E-state index in [1.807, 2.05) is 6.92 Å². The second-order valence-electron chi connectivity index (χ2n) is 7.14. The second kappa shape index (κ2) is 8.24. The van der Waals surface area contributed by atoms with Gasteiger partial charge in [0.05, 0.1) is 4.90 Å². The zero-order chi connectivity index (χ0) is 21.2. The fraction of sp³-hybridized carbons (Fsp3) is 0.333. The maximum atomic E-state index is 12.9. The molecule has 8 heteroatoms. The molecule has 1 aliphatic rings. The third kappa shape index (κ3) is 4.59. The number of benzene rings is 2. The highest BCUT2D eigenvalue weighted by atomic mass is 32.2. The molecule has 2 amide bonds. The van der Waals surface area contributed by atoms with Gasteiger partial charge in [0.25, 0.3) is 10.0 Å². The van der Waals surface area contributed by atoms with E-state index in [0.717, 1.165) is 17.7 Å². The molecule has 1 aliphatic heterocycles. The summed E-state index contributed by atoms with van der Waals surface area (Å²) >= 11 is 0. The van der Waals surface area contributed by atoms with Crippen LogP contribution in [0.2, 0.25) is 0 Å². The highest BCUT2D eigenvalue weighted by Gasteiger charge is 2.23. The first-order valence-corrected chi connectivity index (χ1v) is 11.0. The van der Waals surface area contributed by atoms with E-state index in [1.54, 1.807) is 49.1 Å². The van der Waals surface area contributed by atoms with E-state index >= 15 is 0 Å². The average molecular weight is 416 g/mol. The Hall–Kier alpha value is -2.87. The highest BCUT2D eigenvalue weighted by Crippen LogP contribution is 2.29. The van der Waals surface area contributed by atoms with Gasteiger partial charge in [-0.1, -0.05) is 6.92 Å². The number of carbonyl (C=O) groups is 2. The van der Waals surface area contributed by atoms with Crippen LogP contribution in [0.3, 0.4) is 0 Å². The van der Waals surface area contributed by atoms with Crippen LogP contribution in [0.4, 0.5) is 17.1 Å². The van der Waals surface area contributed by atoms with E-state index in [0.29, 0.717) is 36.3 Å². The molecule has 3 rings (SSSR count). The van der Waals surface area contributed by atoms with Crippen molar-refractivity contribution in [3.05, 3.63) is 47.5 Å². The second-order valence-corrected chi connectivity index (χ2v) is 8.79. The molecule has 0 aromatic heterocycles. The third-order valence-corrected chi connectivity index (χ3v) is 6.42. The molecule has 0 spiro atoms. The molecule has 1 heterocycles. The van der Waals surface area contributed by atoms with Crippen molar-refractivity contribution in [1.29, 1.82) is 0 Å². The Morgan fingerprint density at radius 3 is 2.34 bits per heavy atom. The molecule has 2 aromatic carbocycles. The van der Waals surface area contributed by atoms with Gasteiger partial charge in [0.2, 0.25) is 11.8 Å². The number of rotatable bonds is 6. The number of carbonyl (C=O) groups excluding carboxylic acids is 2. The van der Waals surface area contributed by atoms with E-state index in [4.69, 9.17) is 0 Å². The first-order chi connectivity index (χ1) is 13.7. The van der Waals surface area contributed by atoms with Crippen molar-refractivity contribution < 1.29 is 18.0 Å². The largest absolute Gasteiger partial charge is 0.326 e. The molecular formula is C21H25N3O4S. The summed E-state index contributed by atoms with van der Waals surface area (Å²) in [5.74, 6) is -0.0440. The standard InChI is InChI=1S/C21H25N3O4S/c1-4-20(25)22-16-8-10-19(15(3)13-16)29(27,28)23-17-7-9-18(14(2)12-17)24-11-5-6-21(24)26/h7-10,12-13,23H,4-6,11H2,1-3H3,(H,22,25). The molecule has 1 fully saturated rings. The lowest BCUT2D eigenvalue weighted by Gasteiger charge is -2.19.